The van der Waals surface area contributed by atoms with Crippen molar-refractivity contribution in [1.29, 1.82) is 0 Å². The SMILES string of the molecule is CCOC(=O)C1CCCN(C(=O)CCN(C(=O)Nc2ccc(Br)cc2)C(C)c2ccccc2)C1. The Kier molecular flexibility index (Phi) is 9.51. The van der Waals surface area contributed by atoms with Crippen LogP contribution in [0.4, 0.5) is 10.5 Å². The lowest BCUT2D eigenvalue weighted by Gasteiger charge is -2.33. The zero-order valence-corrected chi connectivity index (χ0v) is 21.3. The average Bonchev–Trinajstić information content (AvgIpc) is 2.86. The number of carbonyl (C=O) groups is 3. The quantitative estimate of drug-likeness (QED) is 0.474. The highest BCUT2D eigenvalue weighted by Crippen LogP contribution is 2.24. The number of rotatable bonds is 8. The summed E-state index contributed by atoms with van der Waals surface area (Å²) in [6.07, 6.45) is 1.68. The summed E-state index contributed by atoms with van der Waals surface area (Å²) in [4.78, 5) is 41.8. The van der Waals surface area contributed by atoms with Gasteiger partial charge in [0.1, 0.15) is 0 Å². The van der Waals surface area contributed by atoms with Crippen molar-refractivity contribution in [2.24, 2.45) is 5.92 Å². The molecule has 2 unspecified atom stereocenters. The maximum atomic E-state index is 13.2. The molecule has 182 valence electrons. The van der Waals surface area contributed by atoms with Crippen LogP contribution in [0, 0.1) is 5.92 Å². The predicted molar refractivity (Wildman–Crippen MR) is 135 cm³/mol. The van der Waals surface area contributed by atoms with E-state index in [1.165, 1.54) is 0 Å². The Morgan fingerprint density at radius 2 is 1.85 bits per heavy atom. The molecule has 2 aromatic carbocycles. The van der Waals surface area contributed by atoms with E-state index in [0.29, 0.717) is 25.4 Å². The molecule has 1 saturated heterocycles. The van der Waals surface area contributed by atoms with Crippen LogP contribution >= 0.6 is 15.9 Å². The number of benzene rings is 2. The molecule has 1 N–H and O–H groups in total. The molecule has 2 aromatic rings. The van der Waals surface area contributed by atoms with Crippen LogP contribution in [0.25, 0.3) is 0 Å². The van der Waals surface area contributed by atoms with E-state index in [9.17, 15) is 14.4 Å². The Morgan fingerprint density at radius 1 is 1.15 bits per heavy atom. The smallest absolute Gasteiger partial charge is 0.322 e. The summed E-state index contributed by atoms with van der Waals surface area (Å²) in [5, 5.41) is 2.94. The number of hydrogen-bond donors (Lipinski definition) is 1. The first-order valence-corrected chi connectivity index (χ1v) is 12.5. The molecule has 0 saturated carbocycles. The number of hydrogen-bond acceptors (Lipinski definition) is 4. The lowest BCUT2D eigenvalue weighted by atomic mass is 9.98. The number of anilines is 1. The van der Waals surface area contributed by atoms with E-state index in [4.69, 9.17) is 4.74 Å². The van der Waals surface area contributed by atoms with Crippen LogP contribution < -0.4 is 5.32 Å². The van der Waals surface area contributed by atoms with Crippen molar-refractivity contribution < 1.29 is 19.1 Å². The molecule has 8 heteroatoms. The van der Waals surface area contributed by atoms with Gasteiger partial charge in [0.15, 0.2) is 0 Å². The monoisotopic (exact) mass is 529 g/mol. The topological polar surface area (TPSA) is 79.0 Å². The van der Waals surface area contributed by atoms with Crippen molar-refractivity contribution >= 4 is 39.5 Å². The van der Waals surface area contributed by atoms with Gasteiger partial charge in [-0.3, -0.25) is 9.59 Å². The normalized spacial score (nSPS) is 16.4. The maximum absolute atomic E-state index is 13.2. The Labute approximate surface area is 209 Å². The number of piperidine rings is 1. The highest BCUT2D eigenvalue weighted by Gasteiger charge is 2.30. The highest BCUT2D eigenvalue weighted by atomic mass is 79.9. The minimum absolute atomic E-state index is 0.0595. The van der Waals surface area contributed by atoms with E-state index in [1.54, 1.807) is 16.7 Å². The fraction of sp³-hybridized carbons (Fsp3) is 0.423. The molecule has 3 amide bonds. The van der Waals surface area contributed by atoms with E-state index in [-0.39, 0.29) is 42.8 Å². The minimum Gasteiger partial charge on any atom is -0.466 e. The second-order valence-corrected chi connectivity index (χ2v) is 9.31. The number of nitrogens with one attached hydrogen (secondary N) is 1. The van der Waals surface area contributed by atoms with Crippen molar-refractivity contribution in [2.75, 3.05) is 31.6 Å². The number of amides is 3. The molecule has 1 aliphatic rings. The first-order valence-electron chi connectivity index (χ1n) is 11.7. The number of likely N-dealkylation sites (tertiary alicyclic amines) is 1. The fourth-order valence-corrected chi connectivity index (χ4v) is 4.41. The fourth-order valence-electron chi connectivity index (χ4n) is 4.14. The third kappa shape index (κ3) is 7.06. The molecule has 2 atom stereocenters. The molecule has 1 heterocycles. The van der Waals surface area contributed by atoms with Gasteiger partial charge in [0, 0.05) is 36.2 Å². The summed E-state index contributed by atoms with van der Waals surface area (Å²) < 4.78 is 6.07. The van der Waals surface area contributed by atoms with Crippen molar-refractivity contribution in [3.05, 3.63) is 64.6 Å². The first-order chi connectivity index (χ1) is 16.4. The number of esters is 1. The number of carbonyl (C=O) groups excluding carboxylic acids is 3. The van der Waals surface area contributed by atoms with E-state index in [0.717, 1.165) is 22.9 Å². The Balaban J connectivity index is 1.68. The molecular weight excluding hydrogens is 498 g/mol. The van der Waals surface area contributed by atoms with Crippen molar-refractivity contribution in [2.45, 2.75) is 39.2 Å². The molecule has 0 spiro atoms. The summed E-state index contributed by atoms with van der Waals surface area (Å²) >= 11 is 3.40. The molecule has 34 heavy (non-hydrogen) atoms. The van der Waals surface area contributed by atoms with Crippen LogP contribution in [0.5, 0.6) is 0 Å². The molecule has 0 aliphatic carbocycles. The number of nitrogens with zero attached hydrogens (tertiary/aromatic N) is 2. The van der Waals surface area contributed by atoms with Crippen molar-refractivity contribution in [3.8, 4) is 0 Å². The molecule has 1 fully saturated rings. The zero-order valence-electron chi connectivity index (χ0n) is 19.7. The summed E-state index contributed by atoms with van der Waals surface area (Å²) in [7, 11) is 0. The lowest BCUT2D eigenvalue weighted by molar-refractivity contribution is -0.151. The van der Waals surface area contributed by atoms with Crippen LogP contribution in [0.2, 0.25) is 0 Å². The second kappa shape index (κ2) is 12.6. The van der Waals surface area contributed by atoms with Gasteiger partial charge in [-0.25, -0.2) is 4.79 Å². The van der Waals surface area contributed by atoms with Crippen LogP contribution in [0.1, 0.15) is 44.7 Å². The number of urea groups is 1. The van der Waals surface area contributed by atoms with E-state index < -0.39 is 0 Å². The summed E-state index contributed by atoms with van der Waals surface area (Å²) in [6.45, 7) is 5.33. The molecule has 0 aromatic heterocycles. The summed E-state index contributed by atoms with van der Waals surface area (Å²) in [5.41, 5.74) is 1.67. The van der Waals surface area contributed by atoms with Gasteiger partial charge in [-0.1, -0.05) is 46.3 Å². The van der Waals surface area contributed by atoms with Crippen molar-refractivity contribution in [1.82, 2.24) is 9.80 Å². The lowest BCUT2D eigenvalue weighted by Crippen LogP contribution is -2.45. The molecule has 0 radical (unpaired) electrons. The summed E-state index contributed by atoms with van der Waals surface area (Å²) in [6, 6.07) is 16.6. The van der Waals surface area contributed by atoms with Gasteiger partial charge in [0.25, 0.3) is 0 Å². The molecular formula is C26H32BrN3O4. The van der Waals surface area contributed by atoms with Crippen LogP contribution in [-0.2, 0) is 14.3 Å². The Hall–Kier alpha value is -2.87. The molecule has 0 bridgehead atoms. The van der Waals surface area contributed by atoms with E-state index >= 15 is 0 Å². The molecule has 3 rings (SSSR count). The van der Waals surface area contributed by atoms with Gasteiger partial charge in [-0.2, -0.15) is 0 Å². The predicted octanol–water partition coefficient (Wildman–Crippen LogP) is 5.24. The van der Waals surface area contributed by atoms with Gasteiger partial charge in [-0.05, 0) is 56.5 Å². The highest BCUT2D eigenvalue weighted by molar-refractivity contribution is 9.10. The largest absolute Gasteiger partial charge is 0.466 e. The second-order valence-electron chi connectivity index (χ2n) is 8.40. The Morgan fingerprint density at radius 3 is 2.53 bits per heavy atom. The summed E-state index contributed by atoms with van der Waals surface area (Å²) in [5.74, 6) is -0.582. The van der Waals surface area contributed by atoms with Crippen LogP contribution in [0.3, 0.4) is 0 Å². The first kappa shape index (κ1) is 25.7. The van der Waals surface area contributed by atoms with Crippen LogP contribution in [-0.4, -0.2) is 53.9 Å². The van der Waals surface area contributed by atoms with Gasteiger partial charge in [0.05, 0.1) is 18.6 Å². The van der Waals surface area contributed by atoms with Gasteiger partial charge < -0.3 is 19.9 Å². The number of ether oxygens (including phenoxy) is 1. The molecule has 1 aliphatic heterocycles. The Bertz CT molecular complexity index is 968. The van der Waals surface area contributed by atoms with Crippen LogP contribution in [0.15, 0.2) is 59.1 Å². The van der Waals surface area contributed by atoms with Gasteiger partial charge in [0.2, 0.25) is 5.91 Å². The van der Waals surface area contributed by atoms with E-state index in [1.807, 2.05) is 61.5 Å². The zero-order chi connectivity index (χ0) is 24.5. The third-order valence-electron chi connectivity index (χ3n) is 6.07. The van der Waals surface area contributed by atoms with Gasteiger partial charge >= 0.3 is 12.0 Å². The van der Waals surface area contributed by atoms with Crippen molar-refractivity contribution in [3.63, 3.8) is 0 Å². The molecule has 7 nitrogen and oxygen atoms in total. The third-order valence-corrected chi connectivity index (χ3v) is 6.60. The average molecular weight is 530 g/mol. The number of halogens is 1. The van der Waals surface area contributed by atoms with Gasteiger partial charge in [-0.15, -0.1) is 0 Å². The maximum Gasteiger partial charge on any atom is 0.322 e. The van der Waals surface area contributed by atoms with E-state index in [2.05, 4.69) is 21.2 Å². The minimum atomic E-state index is -0.280. The standard InChI is InChI=1S/C26H32BrN3O4/c1-3-34-25(32)21-10-7-16-29(18-21)24(31)15-17-30(19(2)20-8-5-4-6-9-20)26(33)28-23-13-11-22(27)12-14-23/h4-6,8-9,11-14,19,21H,3,7,10,15-18H2,1-2H3,(H,28,33).